The summed E-state index contributed by atoms with van der Waals surface area (Å²) in [5.74, 6) is 0.922. The molecule has 1 atom stereocenters. The van der Waals surface area contributed by atoms with Gasteiger partial charge in [-0.1, -0.05) is 19.8 Å². The average Bonchev–Trinajstić information content (AvgIpc) is 2.76. The van der Waals surface area contributed by atoms with Crippen LogP contribution in [-0.4, -0.2) is 30.4 Å². The maximum atomic E-state index is 12.5. The van der Waals surface area contributed by atoms with Crippen LogP contribution in [0.2, 0.25) is 0 Å². The lowest BCUT2D eigenvalue weighted by molar-refractivity contribution is -0.142. The fourth-order valence-corrected chi connectivity index (χ4v) is 3.19. The number of nitrogens with zero attached hydrogens (tertiary/aromatic N) is 1. The second-order valence-corrected chi connectivity index (χ2v) is 5.76. The molecule has 100 valence electrons. The molecule has 3 nitrogen and oxygen atoms in total. The molecule has 0 radical (unpaired) electrons. The van der Waals surface area contributed by atoms with Crippen LogP contribution in [0, 0.1) is 11.3 Å². The summed E-state index contributed by atoms with van der Waals surface area (Å²) in [5.41, 5.74) is 5.66. The largest absolute Gasteiger partial charge is 0.342 e. The van der Waals surface area contributed by atoms with Crippen LogP contribution in [0.25, 0.3) is 0 Å². The molecule has 2 N–H and O–H groups in total. The Morgan fingerprint density at radius 1 is 1.35 bits per heavy atom. The maximum absolute atomic E-state index is 12.5. The number of likely N-dealkylation sites (tertiary alicyclic amines) is 1. The minimum Gasteiger partial charge on any atom is -0.342 e. The van der Waals surface area contributed by atoms with Crippen LogP contribution < -0.4 is 5.73 Å². The molecule has 2 fully saturated rings. The predicted molar refractivity (Wildman–Crippen MR) is 72.2 cm³/mol. The summed E-state index contributed by atoms with van der Waals surface area (Å²) in [5, 5.41) is 0. The monoisotopic (exact) mass is 260 g/mol. The van der Waals surface area contributed by atoms with E-state index in [0.29, 0.717) is 11.8 Å². The van der Waals surface area contributed by atoms with E-state index < -0.39 is 0 Å². The smallest absolute Gasteiger partial charge is 0.228 e. The van der Waals surface area contributed by atoms with Crippen LogP contribution in [0.15, 0.2) is 0 Å². The van der Waals surface area contributed by atoms with Gasteiger partial charge in [0.2, 0.25) is 5.91 Å². The zero-order valence-corrected chi connectivity index (χ0v) is 11.6. The Balaban J connectivity index is 0.00000144. The molecule has 1 aliphatic heterocycles. The van der Waals surface area contributed by atoms with E-state index in [0.717, 1.165) is 38.9 Å². The zero-order valence-electron chi connectivity index (χ0n) is 10.8. The Bertz CT molecular complexity index is 264. The minimum absolute atomic E-state index is 0. The van der Waals surface area contributed by atoms with Crippen molar-refractivity contribution in [2.24, 2.45) is 17.1 Å². The first kappa shape index (κ1) is 14.8. The van der Waals surface area contributed by atoms with Crippen molar-refractivity contribution in [2.75, 3.05) is 19.6 Å². The van der Waals surface area contributed by atoms with Gasteiger partial charge in [0.1, 0.15) is 0 Å². The molecule has 1 aliphatic carbocycles. The van der Waals surface area contributed by atoms with E-state index in [1.165, 1.54) is 19.3 Å². The molecule has 17 heavy (non-hydrogen) atoms. The highest BCUT2D eigenvalue weighted by atomic mass is 35.5. The number of hydrogen-bond acceptors (Lipinski definition) is 2. The van der Waals surface area contributed by atoms with Crippen molar-refractivity contribution in [3.05, 3.63) is 0 Å². The van der Waals surface area contributed by atoms with Crippen molar-refractivity contribution in [3.8, 4) is 0 Å². The summed E-state index contributed by atoms with van der Waals surface area (Å²) in [6, 6.07) is 0. The van der Waals surface area contributed by atoms with Crippen molar-refractivity contribution in [1.29, 1.82) is 0 Å². The highest BCUT2D eigenvalue weighted by molar-refractivity contribution is 5.85. The third kappa shape index (κ3) is 3.14. The third-order valence-electron chi connectivity index (χ3n) is 4.36. The molecule has 1 amide bonds. The van der Waals surface area contributed by atoms with Gasteiger partial charge in [0.15, 0.2) is 0 Å². The van der Waals surface area contributed by atoms with Crippen molar-refractivity contribution in [3.63, 3.8) is 0 Å². The van der Waals surface area contributed by atoms with Crippen molar-refractivity contribution < 1.29 is 4.79 Å². The summed E-state index contributed by atoms with van der Waals surface area (Å²) >= 11 is 0. The first-order valence-electron chi connectivity index (χ1n) is 6.65. The fraction of sp³-hybridized carbons (Fsp3) is 0.923. The van der Waals surface area contributed by atoms with Gasteiger partial charge in [-0.2, -0.15) is 0 Å². The lowest BCUT2D eigenvalue weighted by Gasteiger charge is -2.37. The highest BCUT2D eigenvalue weighted by Crippen LogP contribution is 2.39. The van der Waals surface area contributed by atoms with Crippen LogP contribution >= 0.6 is 12.4 Å². The van der Waals surface area contributed by atoms with E-state index in [4.69, 9.17) is 5.73 Å². The highest BCUT2D eigenvalue weighted by Gasteiger charge is 2.40. The van der Waals surface area contributed by atoms with Gasteiger partial charge in [-0.05, 0) is 38.1 Å². The van der Waals surface area contributed by atoms with Crippen molar-refractivity contribution >= 4 is 18.3 Å². The van der Waals surface area contributed by atoms with Gasteiger partial charge >= 0.3 is 0 Å². The molecule has 0 spiro atoms. The zero-order chi connectivity index (χ0) is 11.6. The lowest BCUT2D eigenvalue weighted by atomic mass is 9.85. The van der Waals surface area contributed by atoms with E-state index in [-0.39, 0.29) is 17.8 Å². The molecule has 0 aromatic heterocycles. The Morgan fingerprint density at radius 2 is 2.00 bits per heavy atom. The van der Waals surface area contributed by atoms with Gasteiger partial charge < -0.3 is 10.6 Å². The summed E-state index contributed by atoms with van der Waals surface area (Å²) in [6.07, 6.45) is 6.92. The Kier molecular flexibility index (Phi) is 5.26. The molecule has 2 rings (SSSR count). The molecular weight excluding hydrogens is 236 g/mol. The molecule has 1 saturated carbocycles. The number of piperidine rings is 1. The van der Waals surface area contributed by atoms with Crippen LogP contribution in [-0.2, 0) is 4.79 Å². The van der Waals surface area contributed by atoms with Crippen LogP contribution in [0.1, 0.15) is 45.4 Å². The van der Waals surface area contributed by atoms with Gasteiger partial charge in [-0.3, -0.25) is 4.79 Å². The summed E-state index contributed by atoms with van der Waals surface area (Å²) in [7, 11) is 0. The molecule has 1 heterocycles. The molecule has 1 saturated heterocycles. The topological polar surface area (TPSA) is 46.3 Å². The van der Waals surface area contributed by atoms with E-state index in [1.54, 1.807) is 0 Å². The quantitative estimate of drug-likeness (QED) is 0.827. The molecule has 1 unspecified atom stereocenters. The summed E-state index contributed by atoms with van der Waals surface area (Å²) in [4.78, 5) is 14.5. The van der Waals surface area contributed by atoms with E-state index in [1.807, 2.05) is 0 Å². The van der Waals surface area contributed by atoms with Crippen molar-refractivity contribution in [2.45, 2.75) is 45.4 Å². The molecular formula is C13H25ClN2O. The molecule has 0 bridgehead atoms. The third-order valence-corrected chi connectivity index (χ3v) is 4.36. The Hall–Kier alpha value is -0.280. The first-order chi connectivity index (χ1) is 7.65. The van der Waals surface area contributed by atoms with Gasteiger partial charge in [0, 0.05) is 18.5 Å². The number of nitrogens with two attached hydrogens (primary N) is 1. The van der Waals surface area contributed by atoms with Crippen LogP contribution in [0.3, 0.4) is 0 Å². The van der Waals surface area contributed by atoms with Gasteiger partial charge in [0.25, 0.3) is 0 Å². The normalized spacial score (nSPS) is 27.6. The molecule has 2 aliphatic rings. The number of rotatable bonds is 2. The van der Waals surface area contributed by atoms with Crippen molar-refractivity contribution in [1.82, 2.24) is 4.90 Å². The second-order valence-electron chi connectivity index (χ2n) is 5.76. The number of carbonyl (C=O) groups excluding carboxylic acids is 1. The first-order valence-corrected chi connectivity index (χ1v) is 6.65. The van der Waals surface area contributed by atoms with E-state index in [2.05, 4.69) is 11.8 Å². The average molecular weight is 261 g/mol. The lowest BCUT2D eigenvalue weighted by Crippen LogP contribution is -2.47. The van der Waals surface area contributed by atoms with Gasteiger partial charge in [0.05, 0.1) is 0 Å². The fourth-order valence-electron chi connectivity index (χ4n) is 3.19. The van der Waals surface area contributed by atoms with Crippen LogP contribution in [0.5, 0.6) is 0 Å². The molecule has 0 aromatic carbocycles. The predicted octanol–water partition coefficient (Wildman–Crippen LogP) is 2.19. The standard InChI is InChI=1S/C13H24N2O.ClH/c1-13(6-2-3-7-13)12(16)15-8-4-5-11(9-14)10-15;/h11H,2-10,14H2,1H3;1H. The van der Waals surface area contributed by atoms with Crippen LogP contribution in [0.4, 0.5) is 0 Å². The summed E-state index contributed by atoms with van der Waals surface area (Å²) in [6.45, 7) is 4.71. The second kappa shape index (κ2) is 6.05. The maximum Gasteiger partial charge on any atom is 0.228 e. The SMILES string of the molecule is CC1(C(=O)N2CCCC(CN)C2)CCCC1.Cl. The van der Waals surface area contributed by atoms with Gasteiger partial charge in [-0.15, -0.1) is 12.4 Å². The molecule has 4 heteroatoms. The van der Waals surface area contributed by atoms with E-state index in [9.17, 15) is 4.79 Å². The number of halogens is 1. The summed E-state index contributed by atoms with van der Waals surface area (Å²) < 4.78 is 0. The van der Waals surface area contributed by atoms with E-state index >= 15 is 0 Å². The number of hydrogen-bond donors (Lipinski definition) is 1. The minimum atomic E-state index is -0.0590. The van der Waals surface area contributed by atoms with Gasteiger partial charge in [-0.25, -0.2) is 0 Å². The number of carbonyl (C=O) groups is 1. The Morgan fingerprint density at radius 3 is 2.59 bits per heavy atom. The molecule has 0 aromatic rings. The Labute approximate surface area is 111 Å². The number of amides is 1.